The van der Waals surface area contributed by atoms with Gasteiger partial charge in [0.05, 0.1) is 20.3 Å². The van der Waals surface area contributed by atoms with Crippen LogP contribution in [-0.4, -0.2) is 14.2 Å². The first kappa shape index (κ1) is 16.1. The maximum absolute atomic E-state index is 14.2. The van der Waals surface area contributed by atoms with Gasteiger partial charge in [-0.15, -0.1) is 0 Å². The second-order valence-electron chi connectivity index (χ2n) is 4.41. The Hall–Kier alpha value is -1.30. The molecule has 2 aromatic rings. The van der Waals surface area contributed by atoms with Crippen LogP contribution >= 0.6 is 27.5 Å². The summed E-state index contributed by atoms with van der Waals surface area (Å²) in [5.41, 5.74) is 7.16. The van der Waals surface area contributed by atoms with E-state index < -0.39 is 11.9 Å². The first-order valence-electron chi connectivity index (χ1n) is 6.09. The van der Waals surface area contributed by atoms with Crippen molar-refractivity contribution in [3.05, 3.63) is 56.8 Å². The van der Waals surface area contributed by atoms with Gasteiger partial charge < -0.3 is 15.2 Å². The molecule has 0 aromatic heterocycles. The van der Waals surface area contributed by atoms with E-state index in [1.165, 1.54) is 26.4 Å². The molecule has 0 aliphatic carbocycles. The fourth-order valence-electron chi connectivity index (χ4n) is 2.04. The van der Waals surface area contributed by atoms with Gasteiger partial charge in [0.2, 0.25) is 0 Å². The van der Waals surface area contributed by atoms with Gasteiger partial charge in [0.15, 0.2) is 11.5 Å². The van der Waals surface area contributed by atoms with Crippen molar-refractivity contribution < 1.29 is 13.9 Å². The molecule has 2 rings (SSSR count). The lowest BCUT2D eigenvalue weighted by Crippen LogP contribution is -2.14. The van der Waals surface area contributed by atoms with E-state index in [1.54, 1.807) is 18.2 Å². The van der Waals surface area contributed by atoms with Crippen LogP contribution in [0.3, 0.4) is 0 Å². The average Bonchev–Trinajstić information content (AvgIpc) is 2.45. The van der Waals surface area contributed by atoms with Gasteiger partial charge in [-0.25, -0.2) is 4.39 Å². The van der Waals surface area contributed by atoms with E-state index in [-0.39, 0.29) is 0 Å². The zero-order valence-corrected chi connectivity index (χ0v) is 13.8. The van der Waals surface area contributed by atoms with Crippen molar-refractivity contribution in [2.45, 2.75) is 6.04 Å². The van der Waals surface area contributed by atoms with E-state index in [1.807, 2.05) is 0 Å². The number of benzene rings is 2. The van der Waals surface area contributed by atoms with Crippen molar-refractivity contribution in [1.29, 1.82) is 0 Å². The van der Waals surface area contributed by atoms with E-state index >= 15 is 0 Å². The summed E-state index contributed by atoms with van der Waals surface area (Å²) in [7, 11) is 2.94. The van der Waals surface area contributed by atoms with Crippen molar-refractivity contribution in [1.82, 2.24) is 0 Å². The Morgan fingerprint density at radius 1 is 1.10 bits per heavy atom. The van der Waals surface area contributed by atoms with Crippen LogP contribution in [0.4, 0.5) is 4.39 Å². The number of hydrogen-bond donors (Lipinski definition) is 1. The maximum Gasteiger partial charge on any atom is 0.163 e. The lowest BCUT2D eigenvalue weighted by molar-refractivity contribution is 0.351. The third kappa shape index (κ3) is 3.48. The first-order valence-corrected chi connectivity index (χ1v) is 7.26. The second kappa shape index (κ2) is 6.64. The minimum absolute atomic E-state index is 0.307. The predicted molar refractivity (Wildman–Crippen MR) is 84.7 cm³/mol. The van der Waals surface area contributed by atoms with Gasteiger partial charge in [-0.2, -0.15) is 0 Å². The zero-order chi connectivity index (χ0) is 15.6. The highest BCUT2D eigenvalue weighted by molar-refractivity contribution is 9.10. The topological polar surface area (TPSA) is 44.5 Å². The van der Waals surface area contributed by atoms with Crippen LogP contribution in [-0.2, 0) is 0 Å². The number of rotatable bonds is 4. The molecule has 21 heavy (non-hydrogen) atoms. The number of nitrogens with two attached hydrogens (primary N) is 1. The highest BCUT2D eigenvalue weighted by Gasteiger charge is 2.18. The number of halogens is 3. The fourth-order valence-corrected chi connectivity index (χ4v) is 2.93. The van der Waals surface area contributed by atoms with Crippen LogP contribution < -0.4 is 15.2 Å². The van der Waals surface area contributed by atoms with Gasteiger partial charge in [0.1, 0.15) is 5.82 Å². The SMILES string of the molecule is COc1cc(F)c(C(N)c2cc(Cl)cc(Br)c2)cc1OC. The molecule has 0 bridgehead atoms. The van der Waals surface area contributed by atoms with Gasteiger partial charge in [-0.05, 0) is 29.8 Å². The van der Waals surface area contributed by atoms with Gasteiger partial charge in [0, 0.05) is 21.1 Å². The van der Waals surface area contributed by atoms with Crippen molar-refractivity contribution in [2.75, 3.05) is 14.2 Å². The molecule has 0 spiro atoms. The summed E-state index contributed by atoms with van der Waals surface area (Å²) in [5, 5.41) is 0.524. The largest absolute Gasteiger partial charge is 0.493 e. The molecule has 112 valence electrons. The average molecular weight is 375 g/mol. The molecule has 2 N–H and O–H groups in total. The zero-order valence-electron chi connectivity index (χ0n) is 11.5. The molecule has 0 radical (unpaired) electrons. The molecule has 0 heterocycles. The van der Waals surface area contributed by atoms with Crippen LogP contribution in [0.15, 0.2) is 34.8 Å². The highest BCUT2D eigenvalue weighted by atomic mass is 79.9. The molecule has 0 saturated heterocycles. The molecule has 0 fully saturated rings. The third-order valence-electron chi connectivity index (χ3n) is 3.08. The molecule has 0 saturated carbocycles. The van der Waals surface area contributed by atoms with Crippen LogP contribution in [0, 0.1) is 5.82 Å². The molecule has 0 aliphatic rings. The Balaban J connectivity index is 2.49. The van der Waals surface area contributed by atoms with Gasteiger partial charge >= 0.3 is 0 Å². The quantitative estimate of drug-likeness (QED) is 0.867. The van der Waals surface area contributed by atoms with Crippen LogP contribution in [0.1, 0.15) is 17.2 Å². The summed E-state index contributed by atoms with van der Waals surface area (Å²) >= 11 is 9.35. The Labute approximate surface area is 135 Å². The summed E-state index contributed by atoms with van der Waals surface area (Å²) in [6.07, 6.45) is 0. The third-order valence-corrected chi connectivity index (χ3v) is 3.76. The summed E-state index contributed by atoms with van der Waals surface area (Å²) in [4.78, 5) is 0. The van der Waals surface area contributed by atoms with Crippen LogP contribution in [0.2, 0.25) is 5.02 Å². The lowest BCUT2D eigenvalue weighted by Gasteiger charge is -2.17. The molecule has 2 aromatic carbocycles. The Bertz CT molecular complexity index is 646. The molecule has 0 aliphatic heterocycles. The van der Waals surface area contributed by atoms with Crippen molar-refractivity contribution in [2.24, 2.45) is 5.73 Å². The van der Waals surface area contributed by atoms with E-state index in [2.05, 4.69) is 15.9 Å². The van der Waals surface area contributed by atoms with Gasteiger partial charge in [0.25, 0.3) is 0 Å². The standard InChI is InChI=1S/C15H14BrClFNO2/c1-20-13-6-11(12(18)7-14(13)21-2)15(19)8-3-9(16)5-10(17)4-8/h3-7,15H,19H2,1-2H3. The summed E-state index contributed by atoms with van der Waals surface area (Å²) in [5.74, 6) is 0.278. The van der Waals surface area contributed by atoms with Crippen molar-refractivity contribution in [3.8, 4) is 11.5 Å². The fraction of sp³-hybridized carbons (Fsp3) is 0.200. The van der Waals surface area contributed by atoms with E-state index in [0.717, 1.165) is 4.47 Å². The number of ether oxygens (including phenoxy) is 2. The summed E-state index contributed by atoms with van der Waals surface area (Å²) in [6, 6.07) is 7.36. The first-order chi connectivity index (χ1) is 9.96. The van der Waals surface area contributed by atoms with Crippen LogP contribution in [0.25, 0.3) is 0 Å². The minimum Gasteiger partial charge on any atom is -0.493 e. The molecule has 0 amide bonds. The Morgan fingerprint density at radius 3 is 2.29 bits per heavy atom. The molecule has 3 nitrogen and oxygen atoms in total. The molecular formula is C15H14BrClFNO2. The molecular weight excluding hydrogens is 361 g/mol. The summed E-state index contributed by atoms with van der Waals surface area (Å²) < 4.78 is 25.3. The smallest absolute Gasteiger partial charge is 0.163 e. The minimum atomic E-state index is -0.667. The normalized spacial score (nSPS) is 12.1. The predicted octanol–water partition coefficient (Wildman–Crippen LogP) is 4.31. The number of methoxy groups -OCH3 is 2. The van der Waals surface area contributed by atoms with Gasteiger partial charge in [-0.3, -0.25) is 0 Å². The molecule has 1 atom stereocenters. The second-order valence-corrected chi connectivity index (χ2v) is 5.76. The van der Waals surface area contributed by atoms with Crippen molar-refractivity contribution in [3.63, 3.8) is 0 Å². The van der Waals surface area contributed by atoms with E-state index in [4.69, 9.17) is 26.8 Å². The maximum atomic E-state index is 14.2. The van der Waals surface area contributed by atoms with Crippen molar-refractivity contribution >= 4 is 27.5 Å². The Kier molecular flexibility index (Phi) is 5.08. The number of hydrogen-bond acceptors (Lipinski definition) is 3. The van der Waals surface area contributed by atoms with Gasteiger partial charge in [-0.1, -0.05) is 27.5 Å². The monoisotopic (exact) mass is 373 g/mol. The summed E-state index contributed by atoms with van der Waals surface area (Å²) in [6.45, 7) is 0. The molecule has 1 unspecified atom stereocenters. The van der Waals surface area contributed by atoms with Crippen LogP contribution in [0.5, 0.6) is 11.5 Å². The van der Waals surface area contributed by atoms with E-state index in [0.29, 0.717) is 27.6 Å². The Morgan fingerprint density at radius 2 is 1.71 bits per heavy atom. The molecule has 6 heteroatoms. The highest BCUT2D eigenvalue weighted by Crippen LogP contribution is 2.34. The van der Waals surface area contributed by atoms with E-state index in [9.17, 15) is 4.39 Å². The lowest BCUT2D eigenvalue weighted by atomic mass is 9.98.